The summed E-state index contributed by atoms with van der Waals surface area (Å²) in [5.74, 6) is -1.83. The second-order valence-corrected chi connectivity index (χ2v) is 18.2. The molecule has 0 spiro atoms. The fraction of sp³-hybridized carbons (Fsp3) is 0.246. The third-order valence-corrected chi connectivity index (χ3v) is 12.2. The van der Waals surface area contributed by atoms with E-state index in [-0.39, 0.29) is 152 Å². The SMILES string of the molecule is O=C(n1ccnc1)n1ccnc1.[CH2-][C@H]1O[C@@H](C)C[C@H]1O.[CH2-][C@H]1O[C@@H](C)C[C@H]1OC(=O)c1ccccc1CN=[N+]=[N-].[N-]=[N+]=NCc1ccccc1C(=O)O.[N-]=[N+]=NCc1ccccc1C(=O)n1ccnc1.[N-]=[N+]=NCc1ccccc1C(=O)n1ccnc1.[Y].[Y]. The zero-order valence-electron chi connectivity index (χ0n) is 48.0. The van der Waals surface area contributed by atoms with Crippen LogP contribution in [0.5, 0.6) is 0 Å². The number of nitrogens with zero attached hydrogens (tertiary/aromatic N) is 20. The van der Waals surface area contributed by atoms with E-state index < -0.39 is 11.9 Å². The third kappa shape index (κ3) is 24.2. The molecule has 30 nitrogen and oxygen atoms in total. The summed E-state index contributed by atoms with van der Waals surface area (Å²) in [5, 5.41) is 31.4. The average Bonchev–Trinajstić information content (AvgIpc) is 4.40. The van der Waals surface area contributed by atoms with Crippen molar-refractivity contribution in [3.8, 4) is 0 Å². The molecule has 89 heavy (non-hydrogen) atoms. The summed E-state index contributed by atoms with van der Waals surface area (Å²) in [7, 11) is 0. The molecule has 10 rings (SSSR count). The second kappa shape index (κ2) is 40.5. The maximum Gasteiger partial charge on any atom is 0.338 e. The second-order valence-electron chi connectivity index (χ2n) is 18.2. The Morgan fingerprint density at radius 1 is 0.528 bits per heavy atom. The van der Waals surface area contributed by atoms with Crippen LogP contribution in [0.1, 0.15) is 90.4 Å². The quantitative estimate of drug-likeness (QED) is 0.0356. The number of carbonyl (C=O) groups excluding carboxylic acids is 4. The standard InChI is InChI=1S/C14H16N3O3.2C11H9N5O.C8H7N3O2.C7H6N4O.C6H11O2.2Y/c1-9-7-13(10(2)19-9)20-14(18)12-6-4-3-5-11(12)8-16-17-15;2*12-15-14-7-9-3-1-2-4-10(9)11(17)16-6-5-13-8-16;9-11-10-5-6-3-1-2-4-7(6)8(12)13;12-7(10-3-1-8-5-10)11-4-2-9-6-11;1-4-3-6(7)5(2)8-4;;/h3-6,9-10,13H,2,7-8H2,1H3;2*1-6,8H,7H2;1-4H,5H2,(H,12,13);1-6H;4-7H,2-3H2,1H3;;/q-1;;;;;-1;;/t9-,10+,13+;;;;;4-,5+,6+;;/m0....0../s1. The van der Waals surface area contributed by atoms with Crippen molar-refractivity contribution in [3.05, 3.63) is 272 Å². The van der Waals surface area contributed by atoms with Crippen molar-refractivity contribution in [2.75, 3.05) is 0 Å². The molecule has 32 heteroatoms. The first-order valence-electron chi connectivity index (χ1n) is 26.1. The number of ether oxygens (including phenoxy) is 3. The number of imidazole rings is 4. The molecule has 2 N–H and O–H groups in total. The molecule has 2 fully saturated rings. The smallest absolute Gasteiger partial charge is 0.338 e. The predicted molar refractivity (Wildman–Crippen MR) is 313 cm³/mol. The van der Waals surface area contributed by atoms with Crippen LogP contribution < -0.4 is 0 Å². The van der Waals surface area contributed by atoms with Crippen molar-refractivity contribution in [1.82, 2.24) is 38.2 Å². The largest absolute Gasteiger partial charge is 0.478 e. The van der Waals surface area contributed by atoms with Gasteiger partial charge in [0.15, 0.2) is 0 Å². The van der Waals surface area contributed by atoms with Crippen molar-refractivity contribution < 1.29 is 114 Å². The summed E-state index contributed by atoms with van der Waals surface area (Å²) >= 11 is 0. The number of esters is 1. The van der Waals surface area contributed by atoms with Gasteiger partial charge in [0.05, 0.1) is 55.6 Å². The zero-order valence-corrected chi connectivity index (χ0v) is 53.7. The van der Waals surface area contributed by atoms with Crippen LogP contribution in [0.4, 0.5) is 4.79 Å². The van der Waals surface area contributed by atoms with Crippen LogP contribution in [0.3, 0.4) is 0 Å². The van der Waals surface area contributed by atoms with Crippen LogP contribution in [-0.4, -0.2) is 115 Å². The molecule has 454 valence electrons. The number of hydrogen-bond donors (Lipinski definition) is 2. The van der Waals surface area contributed by atoms with E-state index in [2.05, 4.69) is 73.9 Å². The van der Waals surface area contributed by atoms with Crippen LogP contribution >= 0.6 is 0 Å². The molecule has 0 saturated carbocycles. The van der Waals surface area contributed by atoms with Crippen molar-refractivity contribution in [2.24, 2.45) is 20.5 Å². The van der Waals surface area contributed by atoms with E-state index in [9.17, 15) is 24.0 Å². The Balaban J connectivity index is 0.000000283. The minimum Gasteiger partial charge on any atom is -0.478 e. The molecular formula is C57H58N20O10Y2-2. The van der Waals surface area contributed by atoms with E-state index in [1.165, 1.54) is 62.0 Å². The van der Waals surface area contributed by atoms with Crippen LogP contribution in [0.15, 0.2) is 192 Å². The summed E-state index contributed by atoms with van der Waals surface area (Å²) in [6, 6.07) is 27.2. The molecule has 2 saturated heterocycles. The normalized spacial score (nSPS) is 16.2. The number of aromatic nitrogens is 8. The minimum absolute atomic E-state index is 0. The Morgan fingerprint density at radius 3 is 1.16 bits per heavy atom. The van der Waals surface area contributed by atoms with Gasteiger partial charge in [-0.1, -0.05) is 93.3 Å². The predicted octanol–water partition coefficient (Wildman–Crippen LogP) is 10.9. The third-order valence-electron chi connectivity index (χ3n) is 12.2. The Bertz CT molecular complexity index is 3550. The maximum atomic E-state index is 12.2. The van der Waals surface area contributed by atoms with Crippen LogP contribution in [0.2, 0.25) is 0 Å². The number of benzene rings is 4. The van der Waals surface area contributed by atoms with Gasteiger partial charge in [-0.2, -0.15) is 0 Å². The Morgan fingerprint density at radius 2 is 0.854 bits per heavy atom. The summed E-state index contributed by atoms with van der Waals surface area (Å²) in [5.41, 5.74) is 37.2. The molecule has 0 bridgehead atoms. The van der Waals surface area contributed by atoms with E-state index in [0.29, 0.717) is 45.4 Å². The zero-order chi connectivity index (χ0) is 62.9. The minimum atomic E-state index is -1.01. The molecule has 8 aromatic rings. The maximum absolute atomic E-state index is 12.2. The van der Waals surface area contributed by atoms with E-state index in [0.717, 1.165) is 6.42 Å². The van der Waals surface area contributed by atoms with Gasteiger partial charge in [0.1, 0.15) is 31.4 Å². The number of rotatable bonds is 13. The van der Waals surface area contributed by atoms with Crippen molar-refractivity contribution in [2.45, 2.75) is 89.5 Å². The number of hydrogen-bond acceptors (Lipinski definition) is 17. The van der Waals surface area contributed by atoms with E-state index in [4.69, 9.17) is 46.5 Å². The Hall–Kier alpha value is -9.00. The van der Waals surface area contributed by atoms with Gasteiger partial charge in [-0.15, -0.1) is 0 Å². The molecule has 6 heterocycles. The van der Waals surface area contributed by atoms with Gasteiger partial charge in [-0.05, 0) is 101 Å². The van der Waals surface area contributed by atoms with Gasteiger partial charge in [0.2, 0.25) is 0 Å². The number of aliphatic hydroxyl groups excluding tert-OH is 1. The van der Waals surface area contributed by atoms with Crippen LogP contribution in [0, 0.1) is 13.8 Å². The van der Waals surface area contributed by atoms with Crippen molar-refractivity contribution in [3.63, 3.8) is 0 Å². The molecule has 0 aliphatic carbocycles. The Labute approximate surface area is 559 Å². The van der Waals surface area contributed by atoms with E-state index >= 15 is 0 Å². The first-order chi connectivity index (χ1) is 42.1. The van der Waals surface area contributed by atoms with E-state index in [1.807, 2.05) is 13.8 Å². The molecule has 2 aliphatic rings. The molecule has 0 amide bonds. The average molecular weight is 1360 g/mol. The van der Waals surface area contributed by atoms with Gasteiger partial charge in [0.25, 0.3) is 11.8 Å². The number of aliphatic hydroxyl groups is 1. The first kappa shape index (κ1) is 74.3. The Kier molecular flexibility index (Phi) is 33.7. The molecule has 6 atom stereocenters. The summed E-state index contributed by atoms with van der Waals surface area (Å²) < 4.78 is 21.5. The molecular weight excluding hydrogens is 1300 g/mol. The summed E-state index contributed by atoms with van der Waals surface area (Å²) in [4.78, 5) is 84.2. The van der Waals surface area contributed by atoms with Gasteiger partial charge >= 0.3 is 18.0 Å². The fourth-order valence-electron chi connectivity index (χ4n) is 7.99. The number of azide groups is 4. The molecule has 0 unspecified atom stereocenters. The van der Waals surface area contributed by atoms with Crippen LogP contribution in [-0.2, 0) is 106 Å². The molecule has 2 radical (unpaired) electrons. The fourth-order valence-corrected chi connectivity index (χ4v) is 7.99. The number of carbonyl (C=O) groups is 5. The number of carboxylic acid groups (broad SMARTS) is 1. The van der Waals surface area contributed by atoms with Gasteiger partial charge in [-0.25, -0.2) is 34.3 Å². The molecule has 2 aliphatic heterocycles. The van der Waals surface area contributed by atoms with Gasteiger partial charge in [-0.3, -0.25) is 27.9 Å². The number of aromatic carboxylic acids is 1. The summed E-state index contributed by atoms with van der Waals surface area (Å²) in [6.45, 7) is 11.8. The van der Waals surface area contributed by atoms with Gasteiger partial charge < -0.3 is 38.3 Å². The molecule has 4 aromatic heterocycles. The topological polar surface area (TPSA) is 420 Å². The van der Waals surface area contributed by atoms with E-state index in [1.54, 1.807) is 128 Å². The monoisotopic (exact) mass is 1360 g/mol. The van der Waals surface area contributed by atoms with Crippen LogP contribution in [0.25, 0.3) is 41.8 Å². The van der Waals surface area contributed by atoms with Crippen molar-refractivity contribution in [1.29, 1.82) is 0 Å². The first-order valence-corrected chi connectivity index (χ1v) is 26.1. The summed E-state index contributed by atoms with van der Waals surface area (Å²) in [6.07, 6.45) is 18.6. The van der Waals surface area contributed by atoms with Crippen molar-refractivity contribution >= 4 is 29.8 Å². The molecule has 4 aromatic carbocycles. The van der Waals surface area contributed by atoms with Gasteiger partial charge in [0, 0.05) is 152 Å². The number of carboxylic acids is 1.